The van der Waals surface area contributed by atoms with Crippen LogP contribution in [-0.2, 0) is 4.79 Å². The third-order valence-electron chi connectivity index (χ3n) is 2.56. The van der Waals surface area contributed by atoms with E-state index in [4.69, 9.17) is 5.26 Å². The fourth-order valence-electron chi connectivity index (χ4n) is 1.57. The molecule has 1 aromatic rings. The second-order valence-electron chi connectivity index (χ2n) is 4.11. The molecule has 0 aliphatic rings. The van der Waals surface area contributed by atoms with Crippen LogP contribution in [0.2, 0.25) is 0 Å². The lowest BCUT2D eigenvalue weighted by atomic mass is 10.2. The van der Waals surface area contributed by atoms with Crippen LogP contribution in [0, 0.1) is 17.1 Å². The van der Waals surface area contributed by atoms with Crippen LogP contribution in [0.1, 0.15) is 0 Å². The number of nitrogens with one attached hydrogen (secondary N) is 1. The molecule has 0 heterocycles. The van der Waals surface area contributed by atoms with Crippen LogP contribution in [0.25, 0.3) is 0 Å². The van der Waals surface area contributed by atoms with Crippen molar-refractivity contribution < 1.29 is 9.18 Å². The fraction of sp³-hybridized carbons (Fsp3) is 0.125. The van der Waals surface area contributed by atoms with E-state index in [9.17, 15) is 9.18 Å². The number of carbonyl (C=O) groups excluding carboxylic acids is 1. The molecule has 5 heteroatoms. The first-order valence-corrected chi connectivity index (χ1v) is 6.25. The van der Waals surface area contributed by atoms with Crippen LogP contribution in [0.15, 0.2) is 61.3 Å². The number of carbonyl (C=O) groups is 1. The zero-order valence-electron chi connectivity index (χ0n) is 11.6. The Hall–Kier alpha value is -2.87. The van der Waals surface area contributed by atoms with Crippen molar-refractivity contribution in [2.24, 2.45) is 0 Å². The Morgan fingerprint density at radius 1 is 1.29 bits per heavy atom. The van der Waals surface area contributed by atoms with Crippen LogP contribution in [0.5, 0.6) is 0 Å². The number of halogens is 1. The smallest absolute Gasteiger partial charge is 0.266 e. The summed E-state index contributed by atoms with van der Waals surface area (Å²) in [7, 11) is 0. The summed E-state index contributed by atoms with van der Waals surface area (Å²) in [6.45, 7) is 7.78. The first-order chi connectivity index (χ1) is 10.1. The maximum atomic E-state index is 12.8. The van der Waals surface area contributed by atoms with E-state index in [1.54, 1.807) is 12.2 Å². The van der Waals surface area contributed by atoms with E-state index in [1.165, 1.54) is 35.4 Å². The molecular weight excluding hydrogens is 269 g/mol. The van der Waals surface area contributed by atoms with Crippen molar-refractivity contribution in [2.45, 2.75) is 0 Å². The molecule has 0 bridgehead atoms. The van der Waals surface area contributed by atoms with Crippen molar-refractivity contribution in [3.05, 3.63) is 67.2 Å². The number of hydrogen-bond donors (Lipinski definition) is 1. The number of nitriles is 1. The van der Waals surface area contributed by atoms with E-state index in [2.05, 4.69) is 18.5 Å². The highest BCUT2D eigenvalue weighted by atomic mass is 19.1. The molecule has 0 saturated heterocycles. The molecule has 0 radical (unpaired) electrons. The van der Waals surface area contributed by atoms with Crippen molar-refractivity contribution in [1.82, 2.24) is 4.90 Å². The van der Waals surface area contributed by atoms with Gasteiger partial charge in [0, 0.05) is 25.0 Å². The predicted molar refractivity (Wildman–Crippen MR) is 80.7 cm³/mol. The van der Waals surface area contributed by atoms with E-state index in [1.807, 2.05) is 6.07 Å². The molecule has 1 rings (SSSR count). The number of nitrogens with zero attached hydrogens (tertiary/aromatic N) is 2. The SMILES string of the molecule is C=CCN(CC=C)C(=O)/C(C#N)=C\Nc1ccc(F)cc1. The Balaban J connectivity index is 2.84. The molecule has 108 valence electrons. The van der Waals surface area contributed by atoms with Gasteiger partial charge in [0.15, 0.2) is 0 Å². The maximum Gasteiger partial charge on any atom is 0.266 e. The second-order valence-corrected chi connectivity index (χ2v) is 4.11. The predicted octanol–water partition coefficient (Wildman–Crippen LogP) is 2.85. The molecule has 0 aliphatic heterocycles. The largest absolute Gasteiger partial charge is 0.360 e. The van der Waals surface area contributed by atoms with Gasteiger partial charge in [-0.15, -0.1) is 13.2 Å². The summed E-state index contributed by atoms with van der Waals surface area (Å²) in [4.78, 5) is 13.6. The van der Waals surface area contributed by atoms with Crippen molar-refractivity contribution in [3.8, 4) is 6.07 Å². The van der Waals surface area contributed by atoms with E-state index >= 15 is 0 Å². The Morgan fingerprint density at radius 2 is 1.86 bits per heavy atom. The summed E-state index contributed by atoms with van der Waals surface area (Å²) in [5.41, 5.74) is 0.527. The van der Waals surface area contributed by atoms with Gasteiger partial charge in [0.2, 0.25) is 0 Å². The van der Waals surface area contributed by atoms with Crippen molar-refractivity contribution in [1.29, 1.82) is 5.26 Å². The minimum absolute atomic E-state index is 0.0528. The molecule has 1 aromatic carbocycles. The molecule has 0 unspecified atom stereocenters. The molecule has 0 aliphatic carbocycles. The third-order valence-corrected chi connectivity index (χ3v) is 2.56. The van der Waals surface area contributed by atoms with E-state index in [-0.39, 0.29) is 11.4 Å². The molecule has 0 saturated carbocycles. The lowest BCUT2D eigenvalue weighted by molar-refractivity contribution is -0.125. The molecular formula is C16H16FN3O. The zero-order chi connectivity index (χ0) is 15.7. The average Bonchev–Trinajstić information content (AvgIpc) is 2.49. The van der Waals surface area contributed by atoms with Crippen molar-refractivity contribution in [3.63, 3.8) is 0 Å². The average molecular weight is 285 g/mol. The highest BCUT2D eigenvalue weighted by Crippen LogP contribution is 2.09. The summed E-state index contributed by atoms with van der Waals surface area (Å²) in [5, 5.41) is 11.9. The van der Waals surface area contributed by atoms with Gasteiger partial charge in [0.1, 0.15) is 17.5 Å². The Bertz CT molecular complexity index is 575. The van der Waals surface area contributed by atoms with Crippen LogP contribution in [0.4, 0.5) is 10.1 Å². The zero-order valence-corrected chi connectivity index (χ0v) is 11.6. The second kappa shape index (κ2) is 8.33. The van der Waals surface area contributed by atoms with Gasteiger partial charge < -0.3 is 10.2 Å². The van der Waals surface area contributed by atoms with Gasteiger partial charge >= 0.3 is 0 Å². The highest BCUT2D eigenvalue weighted by molar-refractivity contribution is 5.97. The topological polar surface area (TPSA) is 56.1 Å². The number of rotatable bonds is 7. The van der Waals surface area contributed by atoms with Crippen LogP contribution in [-0.4, -0.2) is 23.9 Å². The van der Waals surface area contributed by atoms with Crippen LogP contribution >= 0.6 is 0 Å². The normalized spacial score (nSPS) is 10.4. The van der Waals surface area contributed by atoms with Crippen LogP contribution in [0.3, 0.4) is 0 Å². The first kappa shape index (κ1) is 16.2. The molecule has 0 spiro atoms. The minimum Gasteiger partial charge on any atom is -0.360 e. The van der Waals surface area contributed by atoms with Gasteiger partial charge in [-0.1, -0.05) is 12.2 Å². The summed E-state index contributed by atoms with van der Waals surface area (Å²) in [5.74, 6) is -0.781. The van der Waals surface area contributed by atoms with Gasteiger partial charge in [-0.05, 0) is 24.3 Å². The molecule has 0 atom stereocenters. The summed E-state index contributed by atoms with van der Waals surface area (Å²) >= 11 is 0. The molecule has 4 nitrogen and oxygen atoms in total. The van der Waals surface area contributed by atoms with E-state index < -0.39 is 5.91 Å². The van der Waals surface area contributed by atoms with Crippen molar-refractivity contribution in [2.75, 3.05) is 18.4 Å². The molecule has 1 N–H and O–H groups in total. The highest BCUT2D eigenvalue weighted by Gasteiger charge is 2.15. The Labute approximate surface area is 123 Å². The number of hydrogen-bond acceptors (Lipinski definition) is 3. The first-order valence-electron chi connectivity index (χ1n) is 6.25. The third kappa shape index (κ3) is 4.96. The van der Waals surface area contributed by atoms with E-state index in [0.29, 0.717) is 18.8 Å². The number of anilines is 1. The summed E-state index contributed by atoms with van der Waals surface area (Å²) < 4.78 is 12.8. The summed E-state index contributed by atoms with van der Waals surface area (Å²) in [6.07, 6.45) is 4.45. The van der Waals surface area contributed by atoms with Gasteiger partial charge in [0.05, 0.1) is 0 Å². The Morgan fingerprint density at radius 3 is 2.33 bits per heavy atom. The molecule has 21 heavy (non-hydrogen) atoms. The number of amides is 1. The fourth-order valence-corrected chi connectivity index (χ4v) is 1.57. The van der Waals surface area contributed by atoms with Gasteiger partial charge in [-0.2, -0.15) is 5.26 Å². The minimum atomic E-state index is -0.424. The molecule has 1 amide bonds. The van der Waals surface area contributed by atoms with Gasteiger partial charge in [0.25, 0.3) is 5.91 Å². The molecule has 0 fully saturated rings. The quantitative estimate of drug-likeness (QED) is 0.476. The Kier molecular flexibility index (Phi) is 6.42. The maximum absolute atomic E-state index is 12.8. The van der Waals surface area contributed by atoms with Crippen LogP contribution < -0.4 is 5.32 Å². The van der Waals surface area contributed by atoms with E-state index in [0.717, 1.165) is 0 Å². The summed E-state index contributed by atoms with van der Waals surface area (Å²) in [6, 6.07) is 7.43. The standard InChI is InChI=1S/C16H16FN3O/c1-3-9-20(10-4-2)16(21)13(11-18)12-19-15-7-5-14(17)6-8-15/h3-8,12,19H,1-2,9-10H2/b13-12-. The van der Waals surface area contributed by atoms with Crippen molar-refractivity contribution >= 4 is 11.6 Å². The number of benzene rings is 1. The van der Waals surface area contributed by atoms with Gasteiger partial charge in [-0.25, -0.2) is 4.39 Å². The lowest BCUT2D eigenvalue weighted by Gasteiger charge is -2.18. The lowest BCUT2D eigenvalue weighted by Crippen LogP contribution is -2.32. The monoisotopic (exact) mass is 285 g/mol. The molecule has 0 aromatic heterocycles. The van der Waals surface area contributed by atoms with Gasteiger partial charge in [-0.3, -0.25) is 4.79 Å².